The van der Waals surface area contributed by atoms with Gasteiger partial charge in [0.2, 0.25) is 0 Å². The van der Waals surface area contributed by atoms with Gasteiger partial charge in [0.1, 0.15) is 0 Å². The Kier molecular flexibility index (Phi) is 2.03. The monoisotopic (exact) mass is 211 g/mol. The third kappa shape index (κ3) is 1.77. The molecule has 1 atom stereocenters. The smallest absolute Gasteiger partial charge is 0.365 e. The Morgan fingerprint density at radius 3 is 3.07 bits per heavy atom. The predicted octanol–water partition coefficient (Wildman–Crippen LogP) is 1.35. The first-order chi connectivity index (χ1) is 6.57. The molecule has 14 heavy (non-hydrogen) atoms. The molecule has 0 N–H and O–H groups in total. The molecule has 0 aromatic rings. The van der Waals surface area contributed by atoms with Crippen LogP contribution in [0.15, 0.2) is 40.0 Å². The van der Waals surface area contributed by atoms with E-state index in [-0.39, 0.29) is 5.92 Å². The van der Waals surface area contributed by atoms with Crippen molar-refractivity contribution < 1.29 is 12.6 Å². The molecule has 0 fully saturated rings. The van der Waals surface area contributed by atoms with E-state index in [2.05, 4.69) is 4.40 Å². The molecule has 0 saturated heterocycles. The SMILES string of the molecule is CC1C=CC=C2OS(=O)(=O)N=CC2=C1. The highest BCUT2D eigenvalue weighted by Crippen LogP contribution is 2.23. The summed E-state index contributed by atoms with van der Waals surface area (Å²) in [7, 11) is -3.76. The highest BCUT2D eigenvalue weighted by Gasteiger charge is 2.21. The Hall–Kier alpha value is -1.36. The lowest BCUT2D eigenvalue weighted by atomic mass is 10.1. The van der Waals surface area contributed by atoms with E-state index in [1.165, 1.54) is 6.21 Å². The highest BCUT2D eigenvalue weighted by molar-refractivity contribution is 7.85. The van der Waals surface area contributed by atoms with Crippen molar-refractivity contribution in [2.45, 2.75) is 6.92 Å². The van der Waals surface area contributed by atoms with E-state index in [0.29, 0.717) is 11.3 Å². The molecule has 1 unspecified atom stereocenters. The summed E-state index contributed by atoms with van der Waals surface area (Å²) < 4.78 is 30.0. The normalized spacial score (nSPS) is 28.2. The molecule has 0 aromatic carbocycles. The largest absolute Gasteiger partial charge is 0.428 e. The van der Waals surface area contributed by atoms with Crippen LogP contribution in [0.1, 0.15) is 6.92 Å². The number of nitrogens with zero attached hydrogens (tertiary/aromatic N) is 1. The van der Waals surface area contributed by atoms with Crippen molar-refractivity contribution in [2.75, 3.05) is 0 Å². The van der Waals surface area contributed by atoms with Gasteiger partial charge in [0.25, 0.3) is 0 Å². The van der Waals surface area contributed by atoms with E-state index < -0.39 is 10.3 Å². The number of fused-ring (bicyclic) bond motifs is 1. The van der Waals surface area contributed by atoms with Crippen molar-refractivity contribution in [1.82, 2.24) is 0 Å². The molecule has 0 radical (unpaired) electrons. The van der Waals surface area contributed by atoms with Crippen LogP contribution in [0.25, 0.3) is 0 Å². The van der Waals surface area contributed by atoms with Gasteiger partial charge in [-0.3, -0.25) is 0 Å². The van der Waals surface area contributed by atoms with Crippen LogP contribution in [0.5, 0.6) is 0 Å². The molecule has 1 aliphatic heterocycles. The van der Waals surface area contributed by atoms with Gasteiger partial charge in [0.05, 0.1) is 6.21 Å². The van der Waals surface area contributed by atoms with Crippen molar-refractivity contribution in [3.8, 4) is 0 Å². The minimum absolute atomic E-state index is 0.245. The summed E-state index contributed by atoms with van der Waals surface area (Å²) in [4.78, 5) is 0. The van der Waals surface area contributed by atoms with Crippen molar-refractivity contribution in [3.05, 3.63) is 35.6 Å². The van der Waals surface area contributed by atoms with Gasteiger partial charge in [0, 0.05) is 5.57 Å². The van der Waals surface area contributed by atoms with Crippen molar-refractivity contribution in [3.63, 3.8) is 0 Å². The highest BCUT2D eigenvalue weighted by atomic mass is 32.2. The molecule has 1 heterocycles. The molecule has 0 amide bonds. The molecule has 74 valence electrons. The summed E-state index contributed by atoms with van der Waals surface area (Å²) in [6.45, 7) is 2.00. The fraction of sp³-hybridized carbons (Fsp3) is 0.222. The van der Waals surface area contributed by atoms with Crippen molar-refractivity contribution in [2.24, 2.45) is 10.3 Å². The second-order valence-electron chi connectivity index (χ2n) is 3.14. The Labute approximate surface area is 82.6 Å². The molecule has 0 saturated carbocycles. The first-order valence-electron chi connectivity index (χ1n) is 4.17. The summed E-state index contributed by atoms with van der Waals surface area (Å²) in [5.74, 6) is 0.579. The molecule has 0 bridgehead atoms. The van der Waals surface area contributed by atoms with Crippen molar-refractivity contribution in [1.29, 1.82) is 0 Å². The molecular formula is C9H9NO3S. The third-order valence-electron chi connectivity index (χ3n) is 1.91. The van der Waals surface area contributed by atoms with Gasteiger partial charge < -0.3 is 4.18 Å². The number of allylic oxidation sites excluding steroid dienone is 5. The second-order valence-corrected chi connectivity index (χ2v) is 4.38. The maximum atomic E-state index is 11.0. The van der Waals surface area contributed by atoms with Gasteiger partial charge in [-0.1, -0.05) is 25.2 Å². The quantitative estimate of drug-likeness (QED) is 0.607. The van der Waals surface area contributed by atoms with Crippen LogP contribution in [0.2, 0.25) is 0 Å². The van der Waals surface area contributed by atoms with Gasteiger partial charge in [-0.2, -0.15) is 8.42 Å². The molecular weight excluding hydrogens is 202 g/mol. The van der Waals surface area contributed by atoms with E-state index in [1.54, 1.807) is 12.2 Å². The first kappa shape index (κ1) is 9.21. The van der Waals surface area contributed by atoms with Gasteiger partial charge in [0.15, 0.2) is 5.76 Å². The lowest BCUT2D eigenvalue weighted by molar-refractivity contribution is 0.415. The maximum Gasteiger partial charge on any atom is 0.428 e. The van der Waals surface area contributed by atoms with Gasteiger partial charge in [-0.25, -0.2) is 0 Å². The molecule has 0 aromatic heterocycles. The minimum atomic E-state index is -3.76. The average molecular weight is 211 g/mol. The fourth-order valence-electron chi connectivity index (χ4n) is 1.27. The van der Waals surface area contributed by atoms with Crippen LogP contribution in [0.3, 0.4) is 0 Å². The molecule has 0 spiro atoms. The number of rotatable bonds is 0. The summed E-state index contributed by atoms with van der Waals surface area (Å²) in [5, 5.41) is 0. The van der Waals surface area contributed by atoms with Gasteiger partial charge >= 0.3 is 10.3 Å². The average Bonchev–Trinajstić information content (AvgIpc) is 2.24. The molecule has 5 heteroatoms. The van der Waals surface area contributed by atoms with Crippen LogP contribution in [0, 0.1) is 5.92 Å². The first-order valence-corrected chi connectivity index (χ1v) is 5.54. The molecule has 2 aliphatic rings. The topological polar surface area (TPSA) is 55.7 Å². The Morgan fingerprint density at radius 2 is 2.29 bits per heavy atom. The Balaban J connectivity index is 2.50. The zero-order valence-electron chi connectivity index (χ0n) is 7.54. The zero-order valence-corrected chi connectivity index (χ0v) is 8.36. The van der Waals surface area contributed by atoms with E-state index in [1.807, 2.05) is 19.1 Å². The molecule has 1 aliphatic carbocycles. The van der Waals surface area contributed by atoms with Gasteiger partial charge in [-0.15, -0.1) is 4.40 Å². The second kappa shape index (κ2) is 3.09. The van der Waals surface area contributed by atoms with Crippen molar-refractivity contribution >= 4 is 16.5 Å². The fourth-order valence-corrected chi connectivity index (χ4v) is 1.94. The summed E-state index contributed by atoms with van der Waals surface area (Å²) in [5.41, 5.74) is 0.706. The van der Waals surface area contributed by atoms with Crippen LogP contribution in [-0.2, 0) is 14.5 Å². The maximum absolute atomic E-state index is 11.0. The van der Waals surface area contributed by atoms with Crippen LogP contribution in [-0.4, -0.2) is 14.6 Å². The molecule has 4 nitrogen and oxygen atoms in total. The lowest BCUT2D eigenvalue weighted by Gasteiger charge is -2.12. The van der Waals surface area contributed by atoms with Crippen LogP contribution in [0.4, 0.5) is 0 Å². The number of hydrogen-bond acceptors (Lipinski definition) is 3. The van der Waals surface area contributed by atoms with Gasteiger partial charge in [-0.05, 0) is 12.0 Å². The Morgan fingerprint density at radius 1 is 1.50 bits per heavy atom. The van der Waals surface area contributed by atoms with Crippen LogP contribution >= 0.6 is 0 Å². The standard InChI is InChI=1S/C9H9NO3S/c1-7-3-2-4-9-8(5-7)6-10-14(11,12)13-9/h2-7H,1H3. The summed E-state index contributed by atoms with van der Waals surface area (Å²) in [6.07, 6.45) is 8.56. The third-order valence-corrected chi connectivity index (χ3v) is 2.66. The van der Waals surface area contributed by atoms with E-state index >= 15 is 0 Å². The van der Waals surface area contributed by atoms with E-state index in [9.17, 15) is 8.42 Å². The summed E-state index contributed by atoms with van der Waals surface area (Å²) >= 11 is 0. The van der Waals surface area contributed by atoms with Crippen LogP contribution < -0.4 is 0 Å². The number of hydrogen-bond donors (Lipinski definition) is 0. The summed E-state index contributed by atoms with van der Waals surface area (Å²) in [6, 6.07) is 0. The predicted molar refractivity (Wildman–Crippen MR) is 53.0 cm³/mol. The molecule has 2 rings (SSSR count). The lowest BCUT2D eigenvalue weighted by Crippen LogP contribution is -2.11. The minimum Gasteiger partial charge on any atom is -0.365 e. The zero-order chi connectivity index (χ0) is 10.2. The van der Waals surface area contributed by atoms with E-state index in [0.717, 1.165) is 0 Å². The Bertz CT molecular complexity index is 468. The van der Waals surface area contributed by atoms with E-state index in [4.69, 9.17) is 4.18 Å².